The van der Waals surface area contributed by atoms with Gasteiger partial charge >= 0.3 is 0 Å². The van der Waals surface area contributed by atoms with Crippen molar-refractivity contribution in [3.05, 3.63) is 130 Å². The van der Waals surface area contributed by atoms with Crippen molar-refractivity contribution in [2.24, 2.45) is 10.8 Å². The second-order valence-electron chi connectivity index (χ2n) is 20.2. The molecule has 0 radical (unpaired) electrons. The summed E-state index contributed by atoms with van der Waals surface area (Å²) < 4.78 is 0. The zero-order valence-corrected chi connectivity index (χ0v) is 34.9. The SMILES string of the molecule is Cc1cc(Nc2ccc(C(C)(C)C)cc2-c2ccccc2)cc(N(C2=CC3=C(CC2)C(C)(C)CCC3(C)C)c2ccc3c(c2)C(C)(C)CCC3(C)C)c1. The molecular weight excluding hydrogens is 641 g/mol. The lowest BCUT2D eigenvalue weighted by atomic mass is 9.60. The molecule has 0 saturated carbocycles. The molecule has 2 nitrogen and oxygen atoms in total. The number of nitrogens with zero attached hydrogens (tertiary/aromatic N) is 1. The van der Waals surface area contributed by atoms with Crippen LogP contribution < -0.4 is 10.2 Å². The van der Waals surface area contributed by atoms with Crippen molar-refractivity contribution in [2.45, 2.75) is 138 Å². The topological polar surface area (TPSA) is 15.3 Å². The van der Waals surface area contributed by atoms with Gasteiger partial charge < -0.3 is 10.2 Å². The quantitative estimate of drug-likeness (QED) is 0.215. The Morgan fingerprint density at radius 3 is 1.96 bits per heavy atom. The van der Waals surface area contributed by atoms with Crippen LogP contribution in [-0.2, 0) is 16.2 Å². The summed E-state index contributed by atoms with van der Waals surface area (Å²) in [6.07, 6.45) is 9.66. The van der Waals surface area contributed by atoms with E-state index in [2.05, 4.69) is 184 Å². The summed E-state index contributed by atoms with van der Waals surface area (Å²) in [5.74, 6) is 0. The summed E-state index contributed by atoms with van der Waals surface area (Å²) in [5.41, 5.74) is 18.2. The molecule has 0 unspecified atom stereocenters. The summed E-state index contributed by atoms with van der Waals surface area (Å²) in [6, 6.07) is 32.3. The highest BCUT2D eigenvalue weighted by Crippen LogP contribution is 2.54. The van der Waals surface area contributed by atoms with E-state index in [1.54, 1.807) is 11.1 Å². The van der Waals surface area contributed by atoms with Crippen LogP contribution in [0.4, 0.5) is 22.7 Å². The van der Waals surface area contributed by atoms with Gasteiger partial charge in [-0.3, -0.25) is 0 Å². The van der Waals surface area contributed by atoms with Crippen LogP contribution in [0.3, 0.4) is 0 Å². The highest BCUT2D eigenvalue weighted by Gasteiger charge is 2.41. The third-order valence-corrected chi connectivity index (χ3v) is 13.1. The molecule has 3 aliphatic rings. The van der Waals surface area contributed by atoms with Crippen LogP contribution >= 0.6 is 0 Å². The molecule has 0 amide bonds. The highest BCUT2D eigenvalue weighted by atomic mass is 15.2. The van der Waals surface area contributed by atoms with Crippen molar-refractivity contribution in [3.8, 4) is 11.1 Å². The summed E-state index contributed by atoms with van der Waals surface area (Å²) in [7, 11) is 0. The molecule has 278 valence electrons. The standard InChI is InChI=1S/C51H64N2/c1-34-28-37(52-46-23-18-36(47(2,3)4)30-41(46)35-16-14-13-15-17-35)31-40(29-34)53(38-19-21-42-44(32-38)50(9,10)26-24-48(42,5)6)39-20-22-43-45(33-39)51(11,12)27-25-49(43,7)8/h13-19,21,23,28-33,52H,20,22,24-27H2,1-12H3. The van der Waals surface area contributed by atoms with Crippen LogP contribution in [0, 0.1) is 17.8 Å². The van der Waals surface area contributed by atoms with Gasteiger partial charge in [-0.25, -0.2) is 0 Å². The van der Waals surface area contributed by atoms with E-state index in [0.29, 0.717) is 0 Å². The Bertz CT molecular complexity index is 2090. The van der Waals surface area contributed by atoms with Crippen molar-refractivity contribution in [1.82, 2.24) is 0 Å². The van der Waals surface area contributed by atoms with Gasteiger partial charge in [-0.1, -0.05) is 124 Å². The van der Waals surface area contributed by atoms with E-state index in [4.69, 9.17) is 0 Å². The monoisotopic (exact) mass is 705 g/mol. The maximum absolute atomic E-state index is 3.93. The molecule has 0 fully saturated rings. The van der Waals surface area contributed by atoms with E-state index in [1.807, 2.05) is 0 Å². The molecule has 0 spiro atoms. The lowest BCUT2D eigenvalue weighted by Crippen LogP contribution is -2.34. The molecule has 4 aromatic carbocycles. The predicted molar refractivity (Wildman–Crippen MR) is 230 cm³/mol. The summed E-state index contributed by atoms with van der Waals surface area (Å²) >= 11 is 0. The fourth-order valence-electron chi connectivity index (χ4n) is 9.40. The second-order valence-corrected chi connectivity index (χ2v) is 20.2. The number of fused-ring (bicyclic) bond motifs is 1. The van der Waals surface area contributed by atoms with Crippen molar-refractivity contribution >= 4 is 22.7 Å². The summed E-state index contributed by atoms with van der Waals surface area (Å²) in [4.78, 5) is 2.61. The molecule has 2 heteroatoms. The van der Waals surface area contributed by atoms with Crippen LogP contribution in [-0.4, -0.2) is 0 Å². The zero-order chi connectivity index (χ0) is 38.1. The normalized spacial score (nSPS) is 19.9. The number of rotatable bonds is 6. The van der Waals surface area contributed by atoms with E-state index >= 15 is 0 Å². The molecule has 0 saturated heterocycles. The maximum Gasteiger partial charge on any atom is 0.0481 e. The first-order valence-electron chi connectivity index (χ1n) is 20.2. The van der Waals surface area contributed by atoms with Gasteiger partial charge in [-0.15, -0.1) is 0 Å². The number of hydrogen-bond acceptors (Lipinski definition) is 2. The Kier molecular flexibility index (Phi) is 9.19. The third-order valence-electron chi connectivity index (χ3n) is 13.1. The first-order valence-corrected chi connectivity index (χ1v) is 20.2. The number of nitrogens with one attached hydrogen (secondary N) is 1. The highest BCUT2D eigenvalue weighted by molar-refractivity contribution is 5.83. The van der Waals surface area contributed by atoms with Crippen molar-refractivity contribution in [1.29, 1.82) is 0 Å². The Hall–Kier alpha value is -4.04. The minimum Gasteiger partial charge on any atom is -0.355 e. The molecular formula is C51H64N2. The first-order chi connectivity index (χ1) is 24.7. The number of hydrogen-bond donors (Lipinski definition) is 1. The zero-order valence-electron chi connectivity index (χ0n) is 34.9. The Morgan fingerprint density at radius 2 is 1.26 bits per heavy atom. The Balaban J connectivity index is 1.39. The minimum absolute atomic E-state index is 0.0584. The van der Waals surface area contributed by atoms with Gasteiger partial charge in [0, 0.05) is 34.0 Å². The lowest BCUT2D eigenvalue weighted by molar-refractivity contribution is 0.257. The minimum atomic E-state index is 0.0584. The maximum atomic E-state index is 3.93. The average molecular weight is 705 g/mol. The van der Waals surface area contributed by atoms with E-state index in [1.165, 1.54) is 76.1 Å². The van der Waals surface area contributed by atoms with Gasteiger partial charge in [0.15, 0.2) is 0 Å². The second kappa shape index (κ2) is 13.1. The van der Waals surface area contributed by atoms with Crippen LogP contribution in [0.15, 0.2) is 108 Å². The van der Waals surface area contributed by atoms with Gasteiger partial charge in [0.05, 0.1) is 0 Å². The van der Waals surface area contributed by atoms with Crippen LogP contribution in [0.25, 0.3) is 11.1 Å². The number of benzene rings is 4. The van der Waals surface area contributed by atoms with Gasteiger partial charge in [0.25, 0.3) is 0 Å². The van der Waals surface area contributed by atoms with Crippen molar-refractivity contribution in [3.63, 3.8) is 0 Å². The van der Waals surface area contributed by atoms with Gasteiger partial charge in [-0.05, 0) is 154 Å². The van der Waals surface area contributed by atoms with Crippen LogP contribution in [0.2, 0.25) is 0 Å². The lowest BCUT2D eigenvalue weighted by Gasteiger charge is -2.46. The predicted octanol–water partition coefficient (Wildman–Crippen LogP) is 15.0. The fourth-order valence-corrected chi connectivity index (χ4v) is 9.40. The Labute approximate surface area is 321 Å². The molecule has 7 rings (SSSR count). The van der Waals surface area contributed by atoms with Crippen LogP contribution in [0.1, 0.15) is 137 Å². The van der Waals surface area contributed by atoms with Gasteiger partial charge in [-0.2, -0.15) is 0 Å². The van der Waals surface area contributed by atoms with E-state index < -0.39 is 0 Å². The molecule has 0 heterocycles. The van der Waals surface area contributed by atoms with Crippen LogP contribution in [0.5, 0.6) is 0 Å². The first kappa shape index (κ1) is 37.3. The molecule has 53 heavy (non-hydrogen) atoms. The van der Waals surface area contributed by atoms with E-state index in [9.17, 15) is 0 Å². The number of anilines is 4. The largest absolute Gasteiger partial charge is 0.355 e. The molecule has 0 aromatic heterocycles. The molecule has 1 N–H and O–H groups in total. The van der Waals surface area contributed by atoms with Gasteiger partial charge in [0.2, 0.25) is 0 Å². The van der Waals surface area contributed by atoms with E-state index in [0.717, 1.165) is 24.2 Å². The van der Waals surface area contributed by atoms with E-state index in [-0.39, 0.29) is 27.1 Å². The smallest absolute Gasteiger partial charge is 0.0481 e. The molecule has 4 aromatic rings. The number of aryl methyl sites for hydroxylation is 1. The molecule has 3 aliphatic carbocycles. The molecule has 0 aliphatic heterocycles. The fraction of sp³-hybridized carbons (Fsp3) is 0.451. The van der Waals surface area contributed by atoms with Crippen molar-refractivity contribution in [2.75, 3.05) is 10.2 Å². The average Bonchev–Trinajstić information content (AvgIpc) is 3.09. The number of allylic oxidation sites excluding steroid dienone is 4. The third kappa shape index (κ3) is 7.16. The Morgan fingerprint density at radius 1 is 0.604 bits per heavy atom. The van der Waals surface area contributed by atoms with Gasteiger partial charge in [0.1, 0.15) is 0 Å². The molecule has 0 atom stereocenters. The summed E-state index contributed by atoms with van der Waals surface area (Å²) in [5, 5.41) is 3.93. The summed E-state index contributed by atoms with van der Waals surface area (Å²) in [6.45, 7) is 28.8. The van der Waals surface area contributed by atoms with Crippen molar-refractivity contribution < 1.29 is 0 Å². The molecule has 0 bridgehead atoms.